The standard InChI is InChI=1S/C12H22N2O2/c13-10-5-7-12(14-16,8-6-10)9-1-3-11(15)4-2-9/h9-11,15H,1-8,13H2. The zero-order valence-electron chi connectivity index (χ0n) is 9.77. The van der Waals surface area contributed by atoms with E-state index in [1.54, 1.807) is 0 Å². The molecule has 0 spiro atoms. The molecule has 4 nitrogen and oxygen atoms in total. The van der Waals surface area contributed by atoms with Gasteiger partial charge >= 0.3 is 0 Å². The van der Waals surface area contributed by atoms with Crippen LogP contribution in [0.4, 0.5) is 0 Å². The van der Waals surface area contributed by atoms with E-state index in [4.69, 9.17) is 5.73 Å². The van der Waals surface area contributed by atoms with Crippen molar-refractivity contribution in [3.05, 3.63) is 4.91 Å². The van der Waals surface area contributed by atoms with Crippen molar-refractivity contribution in [3.8, 4) is 0 Å². The van der Waals surface area contributed by atoms with Gasteiger partial charge in [0.1, 0.15) is 5.54 Å². The topological polar surface area (TPSA) is 75.7 Å². The van der Waals surface area contributed by atoms with Crippen LogP contribution in [0.1, 0.15) is 51.4 Å². The zero-order valence-corrected chi connectivity index (χ0v) is 9.77. The first kappa shape index (κ1) is 12.0. The second kappa shape index (κ2) is 4.80. The molecular weight excluding hydrogens is 204 g/mol. The van der Waals surface area contributed by atoms with E-state index in [0.717, 1.165) is 51.4 Å². The minimum atomic E-state index is -0.365. The molecule has 2 aliphatic carbocycles. The lowest BCUT2D eigenvalue weighted by Gasteiger charge is -2.41. The number of nitrogens with zero attached hydrogens (tertiary/aromatic N) is 1. The molecule has 0 aromatic heterocycles. The van der Waals surface area contributed by atoms with E-state index in [0.29, 0.717) is 5.92 Å². The minimum Gasteiger partial charge on any atom is -0.393 e. The van der Waals surface area contributed by atoms with Crippen molar-refractivity contribution >= 4 is 0 Å². The Hall–Kier alpha value is -0.480. The molecule has 92 valence electrons. The Kier molecular flexibility index (Phi) is 3.60. The lowest BCUT2D eigenvalue weighted by Crippen LogP contribution is -2.44. The van der Waals surface area contributed by atoms with Gasteiger partial charge in [0.05, 0.1) is 6.10 Å². The Balaban J connectivity index is 2.01. The largest absolute Gasteiger partial charge is 0.393 e. The lowest BCUT2D eigenvalue weighted by molar-refractivity contribution is 0.0681. The number of hydrogen-bond donors (Lipinski definition) is 2. The first-order valence-corrected chi connectivity index (χ1v) is 6.44. The highest BCUT2D eigenvalue weighted by Gasteiger charge is 2.43. The molecule has 3 N–H and O–H groups in total. The first-order valence-electron chi connectivity index (χ1n) is 6.44. The Labute approximate surface area is 96.6 Å². The number of aliphatic hydroxyl groups excluding tert-OH is 1. The Morgan fingerprint density at radius 3 is 2.12 bits per heavy atom. The molecule has 0 unspecified atom stereocenters. The van der Waals surface area contributed by atoms with Gasteiger partial charge in [-0.15, -0.1) is 0 Å². The molecule has 0 saturated heterocycles. The lowest BCUT2D eigenvalue weighted by atomic mass is 9.67. The maximum absolute atomic E-state index is 11.2. The van der Waals surface area contributed by atoms with Crippen LogP contribution in [0.5, 0.6) is 0 Å². The Morgan fingerprint density at radius 2 is 1.62 bits per heavy atom. The van der Waals surface area contributed by atoms with Gasteiger partial charge in [-0.2, -0.15) is 4.91 Å². The average molecular weight is 226 g/mol. The summed E-state index contributed by atoms with van der Waals surface area (Å²) in [6.07, 6.45) is 6.92. The number of nitrogens with two attached hydrogens (primary N) is 1. The van der Waals surface area contributed by atoms with Crippen LogP contribution in [0.25, 0.3) is 0 Å². The molecule has 0 bridgehead atoms. The van der Waals surface area contributed by atoms with Gasteiger partial charge in [-0.05, 0) is 57.3 Å². The van der Waals surface area contributed by atoms with E-state index in [2.05, 4.69) is 5.18 Å². The summed E-state index contributed by atoms with van der Waals surface area (Å²) in [5.74, 6) is 0.376. The molecule has 16 heavy (non-hydrogen) atoms. The highest BCUT2D eigenvalue weighted by Crippen LogP contribution is 2.43. The highest BCUT2D eigenvalue weighted by molar-refractivity contribution is 5.00. The summed E-state index contributed by atoms with van der Waals surface area (Å²) in [7, 11) is 0. The molecule has 2 aliphatic rings. The van der Waals surface area contributed by atoms with E-state index < -0.39 is 0 Å². The summed E-state index contributed by atoms with van der Waals surface area (Å²) in [4.78, 5) is 11.2. The molecule has 0 aliphatic heterocycles. The van der Waals surface area contributed by atoms with Gasteiger partial charge in [0.2, 0.25) is 0 Å². The van der Waals surface area contributed by atoms with Crippen LogP contribution in [0.3, 0.4) is 0 Å². The maximum Gasteiger partial charge on any atom is 0.106 e. The molecule has 0 heterocycles. The predicted molar refractivity (Wildman–Crippen MR) is 62.9 cm³/mol. The van der Waals surface area contributed by atoms with Gasteiger partial charge in [-0.1, -0.05) is 5.18 Å². The number of aliphatic hydroxyl groups is 1. The van der Waals surface area contributed by atoms with Crippen molar-refractivity contribution in [3.63, 3.8) is 0 Å². The van der Waals surface area contributed by atoms with Crippen molar-refractivity contribution < 1.29 is 5.11 Å². The summed E-state index contributed by atoms with van der Waals surface area (Å²) in [5, 5.41) is 13.0. The van der Waals surface area contributed by atoms with Gasteiger partial charge in [-0.25, -0.2) is 0 Å². The van der Waals surface area contributed by atoms with Crippen LogP contribution in [0.15, 0.2) is 5.18 Å². The summed E-state index contributed by atoms with van der Waals surface area (Å²) in [5.41, 5.74) is 5.51. The van der Waals surface area contributed by atoms with E-state index in [1.807, 2.05) is 0 Å². The molecule has 0 atom stereocenters. The third kappa shape index (κ3) is 2.28. The second-order valence-electron chi connectivity index (χ2n) is 5.54. The van der Waals surface area contributed by atoms with E-state index in [-0.39, 0.29) is 17.7 Å². The quantitative estimate of drug-likeness (QED) is 0.706. The summed E-state index contributed by atoms with van der Waals surface area (Å²) >= 11 is 0. The van der Waals surface area contributed by atoms with E-state index in [9.17, 15) is 10.0 Å². The Morgan fingerprint density at radius 1 is 1.06 bits per heavy atom. The van der Waals surface area contributed by atoms with Gasteiger partial charge in [0.25, 0.3) is 0 Å². The monoisotopic (exact) mass is 226 g/mol. The smallest absolute Gasteiger partial charge is 0.106 e. The van der Waals surface area contributed by atoms with Crippen LogP contribution >= 0.6 is 0 Å². The van der Waals surface area contributed by atoms with Crippen LogP contribution < -0.4 is 5.73 Å². The van der Waals surface area contributed by atoms with Crippen LogP contribution in [0.2, 0.25) is 0 Å². The number of rotatable bonds is 2. The second-order valence-corrected chi connectivity index (χ2v) is 5.54. The normalized spacial score (nSPS) is 45.2. The molecule has 2 rings (SSSR count). The van der Waals surface area contributed by atoms with Crippen LogP contribution in [-0.2, 0) is 0 Å². The zero-order chi connectivity index (χ0) is 11.6. The fourth-order valence-electron chi connectivity index (χ4n) is 3.33. The van der Waals surface area contributed by atoms with Crippen molar-refractivity contribution in [2.75, 3.05) is 0 Å². The fraction of sp³-hybridized carbons (Fsp3) is 1.00. The van der Waals surface area contributed by atoms with Crippen LogP contribution in [-0.4, -0.2) is 22.8 Å². The van der Waals surface area contributed by atoms with Crippen molar-refractivity contribution in [2.24, 2.45) is 16.8 Å². The molecule has 0 aromatic carbocycles. The third-order valence-electron chi connectivity index (χ3n) is 4.53. The van der Waals surface area contributed by atoms with Gasteiger partial charge in [0.15, 0.2) is 0 Å². The van der Waals surface area contributed by atoms with Gasteiger partial charge < -0.3 is 10.8 Å². The number of nitroso groups, excluding NO2 is 1. The number of hydrogen-bond acceptors (Lipinski definition) is 4. The average Bonchev–Trinajstić information content (AvgIpc) is 2.32. The van der Waals surface area contributed by atoms with E-state index in [1.165, 1.54) is 0 Å². The van der Waals surface area contributed by atoms with E-state index >= 15 is 0 Å². The molecular formula is C12H22N2O2. The molecule has 2 fully saturated rings. The molecule has 4 heteroatoms. The summed E-state index contributed by atoms with van der Waals surface area (Å²) in [6, 6.07) is 0.254. The molecule has 0 aromatic rings. The fourth-order valence-corrected chi connectivity index (χ4v) is 3.33. The maximum atomic E-state index is 11.2. The molecule has 0 radical (unpaired) electrons. The Bertz CT molecular complexity index is 241. The summed E-state index contributed by atoms with van der Waals surface area (Å²) < 4.78 is 0. The van der Waals surface area contributed by atoms with Crippen molar-refractivity contribution in [1.82, 2.24) is 0 Å². The SMILES string of the molecule is NC1CCC(N=O)(C2CCC(O)CC2)CC1. The summed E-state index contributed by atoms with van der Waals surface area (Å²) in [6.45, 7) is 0. The van der Waals surface area contributed by atoms with Gasteiger partial charge in [-0.3, -0.25) is 0 Å². The van der Waals surface area contributed by atoms with Gasteiger partial charge in [0, 0.05) is 6.04 Å². The van der Waals surface area contributed by atoms with Crippen molar-refractivity contribution in [1.29, 1.82) is 0 Å². The van der Waals surface area contributed by atoms with Crippen molar-refractivity contribution in [2.45, 2.75) is 69.1 Å². The molecule has 0 amide bonds. The van der Waals surface area contributed by atoms with Crippen LogP contribution in [0, 0.1) is 10.8 Å². The third-order valence-corrected chi connectivity index (χ3v) is 4.53. The highest BCUT2D eigenvalue weighted by atomic mass is 16.3. The first-order chi connectivity index (χ1) is 7.66. The predicted octanol–water partition coefficient (Wildman–Crippen LogP) is 1.94. The minimum absolute atomic E-state index is 0.161. The molecule has 2 saturated carbocycles.